The van der Waals surface area contributed by atoms with Gasteiger partial charge in [0.25, 0.3) is 0 Å². The summed E-state index contributed by atoms with van der Waals surface area (Å²) in [6.45, 7) is 9.28. The first-order valence-corrected chi connectivity index (χ1v) is 4.91. The van der Waals surface area contributed by atoms with Crippen molar-refractivity contribution >= 4 is 5.91 Å². The maximum atomic E-state index is 11.2. The molecule has 0 saturated carbocycles. The van der Waals surface area contributed by atoms with Crippen molar-refractivity contribution in [3.05, 3.63) is 24.0 Å². The second kappa shape index (κ2) is 4.87. The topological polar surface area (TPSA) is 72.3 Å². The van der Waals surface area contributed by atoms with Crippen LogP contribution in [0.1, 0.15) is 27.2 Å². The molecular weight excluding hydrogens is 190 g/mol. The van der Waals surface area contributed by atoms with E-state index >= 15 is 0 Å². The zero-order chi connectivity index (χ0) is 12.2. The lowest BCUT2D eigenvalue weighted by Crippen LogP contribution is -2.49. The van der Waals surface area contributed by atoms with Gasteiger partial charge in [-0.3, -0.25) is 4.79 Å². The molecule has 0 aromatic heterocycles. The van der Waals surface area contributed by atoms with E-state index in [2.05, 4.69) is 6.58 Å². The first kappa shape index (κ1) is 13.5. The number of primary amides is 1. The summed E-state index contributed by atoms with van der Waals surface area (Å²) in [5, 5.41) is 0. The molecule has 0 unspecified atom stereocenters. The fourth-order valence-corrected chi connectivity index (χ4v) is 0.839. The van der Waals surface area contributed by atoms with Crippen LogP contribution in [0.25, 0.3) is 0 Å². The molecular formula is C11H21N3O. The first-order chi connectivity index (χ1) is 6.73. The van der Waals surface area contributed by atoms with Crippen molar-refractivity contribution in [2.75, 3.05) is 7.05 Å². The van der Waals surface area contributed by atoms with Crippen molar-refractivity contribution < 1.29 is 4.79 Å². The number of nitrogens with zero attached hydrogens (tertiary/aromatic N) is 1. The number of allylic oxidation sites excluding steroid dienone is 1. The van der Waals surface area contributed by atoms with E-state index in [1.807, 2.05) is 6.92 Å². The number of carbonyl (C=O) groups is 1. The SMILES string of the molecule is C=C(CC)/C(N)=C\N(C)C(C)(C)C(N)=O. The molecule has 0 spiro atoms. The zero-order valence-corrected chi connectivity index (χ0v) is 10.0. The molecule has 4 nitrogen and oxygen atoms in total. The van der Waals surface area contributed by atoms with Crippen LogP contribution in [0.5, 0.6) is 0 Å². The number of likely N-dealkylation sites (N-methyl/N-ethyl adjacent to an activating group) is 1. The molecule has 0 atom stereocenters. The van der Waals surface area contributed by atoms with Crippen molar-refractivity contribution in [3.8, 4) is 0 Å². The molecule has 0 saturated heterocycles. The van der Waals surface area contributed by atoms with Crippen molar-refractivity contribution in [1.29, 1.82) is 0 Å². The molecule has 0 aliphatic carbocycles. The minimum atomic E-state index is -0.751. The van der Waals surface area contributed by atoms with Gasteiger partial charge in [-0.05, 0) is 25.8 Å². The van der Waals surface area contributed by atoms with E-state index in [1.165, 1.54) is 0 Å². The molecule has 0 aliphatic heterocycles. The third-order valence-corrected chi connectivity index (χ3v) is 2.65. The normalized spacial score (nSPS) is 12.4. The second-order valence-electron chi connectivity index (χ2n) is 4.08. The van der Waals surface area contributed by atoms with Crippen LogP contribution in [0.3, 0.4) is 0 Å². The van der Waals surface area contributed by atoms with Gasteiger partial charge in [0, 0.05) is 13.2 Å². The highest BCUT2D eigenvalue weighted by atomic mass is 16.1. The van der Waals surface area contributed by atoms with Crippen LogP contribution < -0.4 is 11.5 Å². The third kappa shape index (κ3) is 3.31. The number of carbonyl (C=O) groups excluding carboxylic acids is 1. The van der Waals surface area contributed by atoms with Gasteiger partial charge in [-0.15, -0.1) is 0 Å². The van der Waals surface area contributed by atoms with Crippen LogP contribution in [0.15, 0.2) is 24.0 Å². The van der Waals surface area contributed by atoms with E-state index in [0.29, 0.717) is 5.70 Å². The molecule has 1 amide bonds. The summed E-state index contributed by atoms with van der Waals surface area (Å²) in [4.78, 5) is 12.9. The fraction of sp³-hybridized carbons (Fsp3) is 0.545. The lowest BCUT2D eigenvalue weighted by Gasteiger charge is -2.32. The molecule has 0 aromatic rings. The Kier molecular flexibility index (Phi) is 4.40. The van der Waals surface area contributed by atoms with Gasteiger partial charge in [0.15, 0.2) is 0 Å². The Labute approximate surface area is 91.6 Å². The molecule has 4 N–H and O–H groups in total. The van der Waals surface area contributed by atoms with Gasteiger partial charge in [0.05, 0.1) is 5.70 Å². The van der Waals surface area contributed by atoms with Gasteiger partial charge in [-0.25, -0.2) is 0 Å². The number of rotatable bonds is 5. The van der Waals surface area contributed by atoms with Crippen LogP contribution in [0.2, 0.25) is 0 Å². The van der Waals surface area contributed by atoms with E-state index in [9.17, 15) is 4.79 Å². The summed E-state index contributed by atoms with van der Waals surface area (Å²) in [6, 6.07) is 0. The largest absolute Gasteiger partial charge is 0.397 e. The minimum absolute atomic E-state index is 0.392. The fourth-order valence-electron chi connectivity index (χ4n) is 0.839. The molecule has 0 fully saturated rings. The molecule has 86 valence electrons. The van der Waals surface area contributed by atoms with Crippen molar-refractivity contribution in [3.63, 3.8) is 0 Å². The van der Waals surface area contributed by atoms with Gasteiger partial charge < -0.3 is 16.4 Å². The van der Waals surface area contributed by atoms with Crippen LogP contribution in [0, 0.1) is 0 Å². The monoisotopic (exact) mass is 211 g/mol. The molecule has 0 heterocycles. The summed E-state index contributed by atoms with van der Waals surface area (Å²) >= 11 is 0. The molecule has 0 rings (SSSR count). The van der Waals surface area contributed by atoms with E-state index < -0.39 is 11.4 Å². The van der Waals surface area contributed by atoms with Crippen LogP contribution in [-0.4, -0.2) is 23.4 Å². The maximum Gasteiger partial charge on any atom is 0.242 e. The maximum absolute atomic E-state index is 11.2. The van der Waals surface area contributed by atoms with Crippen LogP contribution in [-0.2, 0) is 4.79 Å². The van der Waals surface area contributed by atoms with Crippen LogP contribution >= 0.6 is 0 Å². The smallest absolute Gasteiger partial charge is 0.242 e. The second-order valence-corrected chi connectivity index (χ2v) is 4.08. The highest BCUT2D eigenvalue weighted by Crippen LogP contribution is 2.14. The van der Waals surface area contributed by atoms with E-state index in [1.54, 1.807) is 32.0 Å². The van der Waals surface area contributed by atoms with Gasteiger partial charge in [-0.1, -0.05) is 13.5 Å². The first-order valence-electron chi connectivity index (χ1n) is 4.91. The molecule has 0 bridgehead atoms. The summed E-state index contributed by atoms with van der Waals surface area (Å²) < 4.78 is 0. The quantitative estimate of drug-likeness (QED) is 0.665. The molecule has 4 heteroatoms. The Hall–Kier alpha value is -1.45. The Morgan fingerprint density at radius 3 is 2.27 bits per heavy atom. The third-order valence-electron chi connectivity index (χ3n) is 2.65. The van der Waals surface area contributed by atoms with E-state index in [4.69, 9.17) is 11.5 Å². The molecule has 0 aliphatic rings. The average Bonchev–Trinajstić information content (AvgIpc) is 2.15. The zero-order valence-electron chi connectivity index (χ0n) is 10.0. The predicted octanol–water partition coefficient (Wildman–Crippen LogP) is 0.948. The molecule has 15 heavy (non-hydrogen) atoms. The van der Waals surface area contributed by atoms with E-state index in [0.717, 1.165) is 12.0 Å². The Morgan fingerprint density at radius 1 is 1.47 bits per heavy atom. The van der Waals surface area contributed by atoms with Gasteiger partial charge >= 0.3 is 0 Å². The van der Waals surface area contributed by atoms with Crippen LogP contribution in [0.4, 0.5) is 0 Å². The Balaban J connectivity index is 4.82. The van der Waals surface area contributed by atoms with Crippen molar-refractivity contribution in [2.24, 2.45) is 11.5 Å². The van der Waals surface area contributed by atoms with Gasteiger partial charge in [-0.2, -0.15) is 0 Å². The van der Waals surface area contributed by atoms with Gasteiger partial charge in [0.1, 0.15) is 5.54 Å². The lowest BCUT2D eigenvalue weighted by molar-refractivity contribution is -0.126. The van der Waals surface area contributed by atoms with Gasteiger partial charge in [0.2, 0.25) is 5.91 Å². The van der Waals surface area contributed by atoms with E-state index in [-0.39, 0.29) is 0 Å². The Bertz CT molecular complexity index is 292. The minimum Gasteiger partial charge on any atom is -0.397 e. The molecule has 0 radical (unpaired) electrons. The summed E-state index contributed by atoms with van der Waals surface area (Å²) in [6.07, 6.45) is 2.48. The lowest BCUT2D eigenvalue weighted by atomic mass is 10.0. The number of amides is 1. The highest BCUT2D eigenvalue weighted by Gasteiger charge is 2.28. The number of hydrogen-bond donors (Lipinski definition) is 2. The number of nitrogens with two attached hydrogens (primary N) is 2. The molecule has 0 aromatic carbocycles. The van der Waals surface area contributed by atoms with Crippen molar-refractivity contribution in [1.82, 2.24) is 4.90 Å². The number of hydrogen-bond acceptors (Lipinski definition) is 3. The highest BCUT2D eigenvalue weighted by molar-refractivity contribution is 5.83. The Morgan fingerprint density at radius 2 is 1.93 bits per heavy atom. The standard InChI is InChI=1S/C11H21N3O/c1-6-8(2)9(12)7-14(5)11(3,4)10(13)15/h7H,2,6,12H2,1,3-5H3,(H2,13,15)/b9-7+. The average molecular weight is 211 g/mol. The summed E-state index contributed by atoms with van der Waals surface area (Å²) in [5.41, 5.74) is 11.8. The summed E-state index contributed by atoms with van der Waals surface area (Å²) in [7, 11) is 1.76. The predicted molar refractivity (Wildman–Crippen MR) is 62.7 cm³/mol. The summed E-state index contributed by atoms with van der Waals surface area (Å²) in [5.74, 6) is -0.392. The van der Waals surface area contributed by atoms with Crippen molar-refractivity contribution in [2.45, 2.75) is 32.7 Å².